The van der Waals surface area contributed by atoms with E-state index in [9.17, 15) is 4.79 Å². The van der Waals surface area contributed by atoms with Crippen molar-refractivity contribution in [1.82, 2.24) is 24.4 Å². The first-order valence-electron chi connectivity index (χ1n) is 9.84. The molecule has 3 fully saturated rings. The zero-order chi connectivity index (χ0) is 18.2. The highest BCUT2D eigenvalue weighted by Crippen LogP contribution is 2.30. The summed E-state index contributed by atoms with van der Waals surface area (Å²) in [5.74, 6) is 2.12. The molecular weight excluding hydrogens is 342 g/mol. The lowest BCUT2D eigenvalue weighted by Gasteiger charge is -2.48. The lowest BCUT2D eigenvalue weighted by Crippen LogP contribution is -2.64. The van der Waals surface area contributed by atoms with E-state index in [1.54, 1.807) is 18.6 Å². The molecular formula is C19H25N7O. The highest BCUT2D eigenvalue weighted by Gasteiger charge is 2.36. The maximum absolute atomic E-state index is 12.7. The van der Waals surface area contributed by atoms with E-state index in [4.69, 9.17) is 0 Å². The molecule has 0 spiro atoms. The topological polar surface area (TPSA) is 70.4 Å². The molecule has 0 amide bonds. The zero-order valence-electron chi connectivity index (χ0n) is 15.4. The van der Waals surface area contributed by atoms with Gasteiger partial charge >= 0.3 is 0 Å². The Bertz CT molecular complexity index is 837. The second-order valence-electron chi connectivity index (χ2n) is 7.78. The van der Waals surface area contributed by atoms with Crippen molar-refractivity contribution in [2.45, 2.75) is 25.4 Å². The highest BCUT2D eigenvalue weighted by molar-refractivity contribution is 5.40. The van der Waals surface area contributed by atoms with Crippen LogP contribution in [0.4, 0.5) is 11.8 Å². The second kappa shape index (κ2) is 6.92. The molecule has 27 heavy (non-hydrogen) atoms. The van der Waals surface area contributed by atoms with Crippen molar-refractivity contribution >= 4 is 11.8 Å². The first kappa shape index (κ1) is 16.7. The average Bonchev–Trinajstić information content (AvgIpc) is 3.49. The minimum absolute atomic E-state index is 0.0638. The lowest BCUT2D eigenvalue weighted by atomic mass is 10.1. The fourth-order valence-electron chi connectivity index (χ4n) is 3.98. The summed E-state index contributed by atoms with van der Waals surface area (Å²) in [6.07, 6.45) is 9.67. The summed E-state index contributed by atoms with van der Waals surface area (Å²) >= 11 is 0. The highest BCUT2D eigenvalue weighted by atomic mass is 16.1. The summed E-state index contributed by atoms with van der Waals surface area (Å²) in [5, 5.41) is 0. The molecule has 0 bridgehead atoms. The van der Waals surface area contributed by atoms with Crippen LogP contribution in [-0.4, -0.2) is 69.7 Å². The van der Waals surface area contributed by atoms with Crippen molar-refractivity contribution in [2.75, 3.05) is 49.1 Å². The van der Waals surface area contributed by atoms with Gasteiger partial charge in [-0.1, -0.05) is 0 Å². The van der Waals surface area contributed by atoms with Crippen LogP contribution in [-0.2, 0) is 6.54 Å². The number of rotatable bonds is 5. The van der Waals surface area contributed by atoms with Crippen LogP contribution < -0.4 is 15.4 Å². The predicted molar refractivity (Wildman–Crippen MR) is 103 cm³/mol. The molecule has 8 nitrogen and oxygen atoms in total. The predicted octanol–water partition coefficient (Wildman–Crippen LogP) is 0.454. The van der Waals surface area contributed by atoms with Gasteiger partial charge in [-0.15, -0.1) is 0 Å². The van der Waals surface area contributed by atoms with Crippen LogP contribution in [0.25, 0.3) is 0 Å². The second-order valence-corrected chi connectivity index (χ2v) is 7.78. The van der Waals surface area contributed by atoms with Crippen LogP contribution in [0, 0.1) is 5.92 Å². The van der Waals surface area contributed by atoms with E-state index in [2.05, 4.69) is 29.7 Å². The summed E-state index contributed by atoms with van der Waals surface area (Å²) in [5.41, 5.74) is 0.0638. The smallest absolute Gasteiger partial charge is 0.293 e. The molecule has 2 aliphatic heterocycles. The van der Waals surface area contributed by atoms with E-state index in [1.165, 1.54) is 12.8 Å². The molecule has 4 heterocycles. The molecule has 8 heteroatoms. The van der Waals surface area contributed by atoms with Gasteiger partial charge in [0.1, 0.15) is 0 Å². The normalized spacial score (nSPS) is 21.3. The molecule has 1 aliphatic carbocycles. The maximum Gasteiger partial charge on any atom is 0.293 e. The minimum Gasteiger partial charge on any atom is -0.349 e. The molecule has 1 saturated carbocycles. The molecule has 0 radical (unpaired) electrons. The van der Waals surface area contributed by atoms with Gasteiger partial charge < -0.3 is 14.4 Å². The summed E-state index contributed by atoms with van der Waals surface area (Å²) < 4.78 is 1.84. The number of anilines is 2. The van der Waals surface area contributed by atoms with E-state index in [0.29, 0.717) is 17.8 Å². The average molecular weight is 367 g/mol. The van der Waals surface area contributed by atoms with Gasteiger partial charge in [0.25, 0.3) is 5.56 Å². The van der Waals surface area contributed by atoms with Crippen LogP contribution in [0.3, 0.4) is 0 Å². The van der Waals surface area contributed by atoms with Gasteiger partial charge in [0, 0.05) is 76.6 Å². The molecule has 2 aromatic heterocycles. The van der Waals surface area contributed by atoms with Crippen molar-refractivity contribution in [3.8, 4) is 0 Å². The number of hydrogen-bond acceptors (Lipinski definition) is 7. The number of hydrogen-bond donors (Lipinski definition) is 0. The van der Waals surface area contributed by atoms with Crippen molar-refractivity contribution in [3.05, 3.63) is 41.2 Å². The molecule has 2 aromatic rings. The standard InChI is InChI=1S/C19H25N7O/c27-18-17(20-6-7-25(18)12-15-2-3-15)26-13-16(14-26)23-8-10-24(11-9-23)19-21-4-1-5-22-19/h1,4-7,15-16H,2-3,8-14H2. The zero-order valence-corrected chi connectivity index (χ0v) is 15.4. The third-order valence-electron chi connectivity index (χ3n) is 5.87. The number of piperazine rings is 1. The van der Waals surface area contributed by atoms with E-state index in [-0.39, 0.29) is 5.56 Å². The molecule has 5 rings (SSSR count). The molecule has 0 aromatic carbocycles. The SMILES string of the molecule is O=c1c(N2CC(N3CCN(c4ncccn4)CC3)C2)nccn1CC1CC1. The van der Waals surface area contributed by atoms with Crippen molar-refractivity contribution < 1.29 is 0 Å². The van der Waals surface area contributed by atoms with E-state index >= 15 is 0 Å². The largest absolute Gasteiger partial charge is 0.349 e. The molecule has 0 N–H and O–H groups in total. The van der Waals surface area contributed by atoms with Gasteiger partial charge in [-0.05, 0) is 24.8 Å². The van der Waals surface area contributed by atoms with Crippen molar-refractivity contribution in [3.63, 3.8) is 0 Å². The third kappa shape index (κ3) is 3.41. The van der Waals surface area contributed by atoms with Crippen LogP contribution in [0.1, 0.15) is 12.8 Å². The Labute approximate surface area is 158 Å². The Morgan fingerprint density at radius 3 is 2.37 bits per heavy atom. The number of nitrogens with zero attached hydrogens (tertiary/aromatic N) is 7. The monoisotopic (exact) mass is 367 g/mol. The molecule has 0 unspecified atom stereocenters. The quantitative estimate of drug-likeness (QED) is 0.760. The summed E-state index contributed by atoms with van der Waals surface area (Å²) in [7, 11) is 0. The van der Waals surface area contributed by atoms with Gasteiger partial charge in [-0.25, -0.2) is 15.0 Å². The minimum atomic E-state index is 0.0638. The van der Waals surface area contributed by atoms with E-state index < -0.39 is 0 Å². The first-order valence-corrected chi connectivity index (χ1v) is 9.84. The summed E-state index contributed by atoms with van der Waals surface area (Å²) in [6.45, 7) is 6.51. The lowest BCUT2D eigenvalue weighted by molar-refractivity contribution is 0.156. The molecule has 142 valence electrons. The van der Waals surface area contributed by atoms with Gasteiger partial charge in [0.2, 0.25) is 5.95 Å². The summed E-state index contributed by atoms with van der Waals surface area (Å²) in [4.78, 5) is 32.6. The fraction of sp³-hybridized carbons (Fsp3) is 0.579. The Kier molecular flexibility index (Phi) is 4.27. The van der Waals surface area contributed by atoms with Gasteiger partial charge in [0.05, 0.1) is 0 Å². The van der Waals surface area contributed by atoms with Gasteiger partial charge in [-0.2, -0.15) is 0 Å². The maximum atomic E-state index is 12.7. The Balaban J connectivity index is 1.17. The third-order valence-corrected chi connectivity index (χ3v) is 5.87. The molecule has 0 atom stereocenters. The van der Waals surface area contributed by atoms with Crippen LogP contribution >= 0.6 is 0 Å². The Hall–Kier alpha value is -2.48. The molecule has 2 saturated heterocycles. The van der Waals surface area contributed by atoms with Crippen LogP contribution in [0.5, 0.6) is 0 Å². The number of aromatic nitrogens is 4. The first-order chi connectivity index (χ1) is 13.3. The van der Waals surface area contributed by atoms with Crippen molar-refractivity contribution in [2.24, 2.45) is 5.92 Å². The van der Waals surface area contributed by atoms with E-state index in [0.717, 1.165) is 51.8 Å². The molecule has 3 aliphatic rings. The van der Waals surface area contributed by atoms with E-state index in [1.807, 2.05) is 16.8 Å². The van der Waals surface area contributed by atoms with Crippen LogP contribution in [0.15, 0.2) is 35.6 Å². The fourth-order valence-corrected chi connectivity index (χ4v) is 3.98. The Morgan fingerprint density at radius 1 is 0.926 bits per heavy atom. The Morgan fingerprint density at radius 2 is 1.67 bits per heavy atom. The van der Waals surface area contributed by atoms with Crippen LogP contribution in [0.2, 0.25) is 0 Å². The van der Waals surface area contributed by atoms with Gasteiger partial charge in [-0.3, -0.25) is 9.69 Å². The van der Waals surface area contributed by atoms with Crippen molar-refractivity contribution in [1.29, 1.82) is 0 Å². The summed E-state index contributed by atoms with van der Waals surface area (Å²) in [6, 6.07) is 2.35. The van der Waals surface area contributed by atoms with Gasteiger partial charge in [0.15, 0.2) is 5.82 Å².